The summed E-state index contributed by atoms with van der Waals surface area (Å²) in [5, 5.41) is 0. The molecule has 0 radical (unpaired) electrons. The van der Waals surface area contributed by atoms with Crippen LogP contribution in [0.5, 0.6) is 0 Å². The van der Waals surface area contributed by atoms with Crippen molar-refractivity contribution in [3.63, 3.8) is 0 Å². The average Bonchev–Trinajstić information content (AvgIpc) is 2.46. The van der Waals surface area contributed by atoms with Gasteiger partial charge in [0.1, 0.15) is 0 Å². The van der Waals surface area contributed by atoms with E-state index in [9.17, 15) is 4.79 Å². The van der Waals surface area contributed by atoms with Crippen molar-refractivity contribution in [1.82, 2.24) is 14.8 Å². The summed E-state index contributed by atoms with van der Waals surface area (Å²) in [7, 11) is 0. The summed E-state index contributed by atoms with van der Waals surface area (Å²) in [5.74, 6) is 0.0580. The molecule has 2 heterocycles. The van der Waals surface area contributed by atoms with E-state index in [1.807, 2.05) is 37.8 Å². The van der Waals surface area contributed by atoms with Gasteiger partial charge in [-0.05, 0) is 32.9 Å². The van der Waals surface area contributed by atoms with E-state index < -0.39 is 0 Å². The van der Waals surface area contributed by atoms with Crippen molar-refractivity contribution in [1.29, 1.82) is 0 Å². The van der Waals surface area contributed by atoms with Crippen molar-refractivity contribution in [2.45, 2.75) is 26.8 Å². The van der Waals surface area contributed by atoms with Gasteiger partial charge in [0.15, 0.2) is 0 Å². The predicted octanol–water partition coefficient (Wildman–Crippen LogP) is 1.13. The van der Waals surface area contributed by atoms with Gasteiger partial charge >= 0.3 is 0 Å². The fourth-order valence-corrected chi connectivity index (χ4v) is 2.72. The van der Waals surface area contributed by atoms with Crippen molar-refractivity contribution in [2.75, 3.05) is 26.2 Å². The topological polar surface area (TPSA) is 62.5 Å². The van der Waals surface area contributed by atoms with Crippen LogP contribution < -0.4 is 5.73 Å². The Kier molecular flexibility index (Phi) is 4.90. The zero-order chi connectivity index (χ0) is 15.6. The Morgan fingerprint density at radius 3 is 2.43 bits per heavy atom. The van der Waals surface area contributed by atoms with Crippen LogP contribution in [0.15, 0.2) is 12.1 Å². The first-order valence-corrected chi connectivity index (χ1v) is 7.58. The largest absolute Gasteiger partial charge is 0.392 e. The van der Waals surface area contributed by atoms with Gasteiger partial charge in [-0.15, -0.1) is 0 Å². The van der Waals surface area contributed by atoms with E-state index >= 15 is 0 Å². The van der Waals surface area contributed by atoms with Gasteiger partial charge in [-0.25, -0.2) is 0 Å². The molecule has 0 aliphatic carbocycles. The highest BCUT2D eigenvalue weighted by Gasteiger charge is 2.26. The van der Waals surface area contributed by atoms with Gasteiger partial charge in [0.05, 0.1) is 22.3 Å². The molecule has 1 aromatic heterocycles. The summed E-state index contributed by atoms with van der Waals surface area (Å²) < 4.78 is 0. The molecule has 1 fully saturated rings. The van der Waals surface area contributed by atoms with Gasteiger partial charge in [-0.1, -0.05) is 12.2 Å². The quantitative estimate of drug-likeness (QED) is 0.848. The molecule has 0 bridgehead atoms. The maximum absolute atomic E-state index is 12.6. The number of carbonyl (C=O) groups excluding carboxylic acids is 1. The highest BCUT2D eigenvalue weighted by atomic mass is 32.1. The average molecular weight is 306 g/mol. The van der Waals surface area contributed by atoms with Crippen molar-refractivity contribution >= 4 is 23.1 Å². The van der Waals surface area contributed by atoms with Crippen LogP contribution in [0.25, 0.3) is 0 Å². The minimum Gasteiger partial charge on any atom is -0.392 e. The molecule has 1 saturated heterocycles. The number of hydrogen-bond acceptors (Lipinski definition) is 4. The molecule has 2 N–H and O–H groups in total. The number of aryl methyl sites for hydroxylation is 2. The molecule has 0 saturated carbocycles. The van der Waals surface area contributed by atoms with E-state index in [0.29, 0.717) is 23.6 Å². The molecule has 1 aliphatic rings. The number of rotatable bonds is 3. The van der Waals surface area contributed by atoms with Crippen LogP contribution in [0.2, 0.25) is 0 Å². The number of carbonyl (C=O) groups is 1. The van der Waals surface area contributed by atoms with E-state index in [0.717, 1.165) is 24.5 Å². The Morgan fingerprint density at radius 1 is 1.29 bits per heavy atom. The minimum absolute atomic E-state index is 0.0580. The lowest BCUT2D eigenvalue weighted by Gasteiger charge is -2.37. The van der Waals surface area contributed by atoms with Crippen LogP contribution in [0.1, 0.15) is 28.7 Å². The number of thiocarbonyl (C=S) groups is 1. The Morgan fingerprint density at radius 2 is 1.90 bits per heavy atom. The maximum Gasteiger partial charge on any atom is 0.255 e. The van der Waals surface area contributed by atoms with Gasteiger partial charge in [0.2, 0.25) is 0 Å². The second kappa shape index (κ2) is 6.49. The van der Waals surface area contributed by atoms with E-state index in [-0.39, 0.29) is 11.9 Å². The van der Waals surface area contributed by atoms with Gasteiger partial charge in [0, 0.05) is 31.9 Å². The number of nitrogens with zero attached hydrogens (tertiary/aromatic N) is 3. The van der Waals surface area contributed by atoms with Crippen LogP contribution in [0, 0.1) is 13.8 Å². The number of piperazine rings is 1. The molecule has 114 valence electrons. The molecule has 6 heteroatoms. The Labute approximate surface area is 131 Å². The molecule has 1 aromatic rings. The standard InChI is InChI=1S/C15H22N4OS/c1-10-4-5-13(11(2)17-10)15(20)19-8-6-18(7-9-19)12(3)14(16)21/h4-5,12H,6-9H2,1-3H3,(H2,16,21). The third kappa shape index (κ3) is 3.57. The fraction of sp³-hybridized carbons (Fsp3) is 0.533. The van der Waals surface area contributed by atoms with Crippen molar-refractivity contribution in [3.8, 4) is 0 Å². The first-order chi connectivity index (χ1) is 9.90. The van der Waals surface area contributed by atoms with Crippen molar-refractivity contribution in [3.05, 3.63) is 29.1 Å². The van der Waals surface area contributed by atoms with E-state index in [1.165, 1.54) is 0 Å². The third-order valence-electron chi connectivity index (χ3n) is 4.02. The zero-order valence-corrected chi connectivity index (χ0v) is 13.6. The second-order valence-corrected chi connectivity index (χ2v) is 5.96. The van der Waals surface area contributed by atoms with Gasteiger partial charge in [-0.3, -0.25) is 14.7 Å². The number of aromatic nitrogens is 1. The third-order valence-corrected chi connectivity index (χ3v) is 4.36. The number of pyridine rings is 1. The fourth-order valence-electron chi connectivity index (χ4n) is 2.58. The minimum atomic E-state index is 0.0580. The lowest BCUT2D eigenvalue weighted by molar-refractivity contribution is 0.0620. The predicted molar refractivity (Wildman–Crippen MR) is 87.4 cm³/mol. The molecule has 1 atom stereocenters. The molecule has 21 heavy (non-hydrogen) atoms. The Bertz CT molecular complexity index is 553. The molecule has 1 amide bonds. The highest BCUT2D eigenvalue weighted by Crippen LogP contribution is 2.13. The lowest BCUT2D eigenvalue weighted by Crippen LogP contribution is -2.54. The van der Waals surface area contributed by atoms with E-state index in [1.54, 1.807) is 0 Å². The Balaban J connectivity index is 2.02. The van der Waals surface area contributed by atoms with E-state index in [4.69, 9.17) is 18.0 Å². The Hall–Kier alpha value is -1.53. The molecular weight excluding hydrogens is 284 g/mol. The van der Waals surface area contributed by atoms with Crippen LogP contribution >= 0.6 is 12.2 Å². The van der Waals surface area contributed by atoms with Gasteiger partial charge in [0.25, 0.3) is 5.91 Å². The van der Waals surface area contributed by atoms with Gasteiger partial charge < -0.3 is 10.6 Å². The maximum atomic E-state index is 12.6. The van der Waals surface area contributed by atoms with E-state index in [2.05, 4.69) is 9.88 Å². The number of nitrogens with two attached hydrogens (primary N) is 1. The SMILES string of the molecule is Cc1ccc(C(=O)N2CCN(C(C)C(N)=S)CC2)c(C)n1. The molecule has 1 aliphatic heterocycles. The molecule has 5 nitrogen and oxygen atoms in total. The number of amides is 1. The summed E-state index contributed by atoms with van der Waals surface area (Å²) in [4.78, 5) is 21.5. The first kappa shape index (κ1) is 15.9. The molecule has 1 unspecified atom stereocenters. The molecule has 0 spiro atoms. The van der Waals surface area contributed by atoms with Crippen LogP contribution in [0.3, 0.4) is 0 Å². The number of hydrogen-bond donors (Lipinski definition) is 1. The summed E-state index contributed by atoms with van der Waals surface area (Å²) >= 11 is 5.03. The summed E-state index contributed by atoms with van der Waals surface area (Å²) in [6, 6.07) is 3.83. The summed E-state index contributed by atoms with van der Waals surface area (Å²) in [6.45, 7) is 8.79. The second-order valence-electron chi connectivity index (χ2n) is 5.49. The summed E-state index contributed by atoms with van der Waals surface area (Å²) in [5.41, 5.74) is 8.10. The highest BCUT2D eigenvalue weighted by molar-refractivity contribution is 7.80. The molecule has 2 rings (SSSR count). The van der Waals surface area contributed by atoms with Crippen LogP contribution in [-0.4, -0.2) is 57.9 Å². The van der Waals surface area contributed by atoms with Crippen LogP contribution in [0.4, 0.5) is 0 Å². The smallest absolute Gasteiger partial charge is 0.255 e. The lowest BCUT2D eigenvalue weighted by atomic mass is 10.1. The normalized spacial score (nSPS) is 17.6. The zero-order valence-electron chi connectivity index (χ0n) is 12.8. The molecular formula is C15H22N4OS. The summed E-state index contributed by atoms with van der Waals surface area (Å²) in [6.07, 6.45) is 0. The monoisotopic (exact) mass is 306 g/mol. The first-order valence-electron chi connectivity index (χ1n) is 7.17. The van der Waals surface area contributed by atoms with Crippen LogP contribution in [-0.2, 0) is 0 Å². The van der Waals surface area contributed by atoms with Crippen molar-refractivity contribution < 1.29 is 4.79 Å². The molecule has 0 aromatic carbocycles. The van der Waals surface area contributed by atoms with Crippen molar-refractivity contribution in [2.24, 2.45) is 5.73 Å². The van der Waals surface area contributed by atoms with Gasteiger partial charge in [-0.2, -0.15) is 0 Å².